The van der Waals surface area contributed by atoms with Crippen LogP contribution in [0.1, 0.15) is 47.9 Å². The maximum absolute atomic E-state index is 13.5. The molecule has 12 heteroatoms. The number of rotatable bonds is 7. The number of aromatic nitrogens is 2. The Kier molecular flexibility index (Phi) is 6.69. The van der Waals surface area contributed by atoms with Gasteiger partial charge in [0.1, 0.15) is 6.67 Å². The maximum atomic E-state index is 13.5. The third kappa shape index (κ3) is 4.35. The SMILES string of the molecule is CN1C(CF)CCC1CN(c1cnn(C)c1)S(=O)(=O)N([O-])C(=O)Nc1c2c(cc3c1CCC3)CCC2. The number of carbonyl (C=O) groups excluding carboxylic acids is 1. The number of anilines is 2. The minimum Gasteiger partial charge on any atom is -0.740 e. The van der Waals surface area contributed by atoms with Crippen LogP contribution >= 0.6 is 0 Å². The van der Waals surface area contributed by atoms with Crippen LogP contribution in [0, 0.1) is 5.21 Å². The van der Waals surface area contributed by atoms with E-state index in [1.807, 2.05) is 0 Å². The lowest BCUT2D eigenvalue weighted by molar-refractivity contribution is 0.210. The van der Waals surface area contributed by atoms with Crippen LogP contribution in [-0.4, -0.2) is 65.9 Å². The standard InChI is InChI=1S/C24H32FN6O4S/c1-28-14-20(13-26-28)30(15-19-10-9-18(12-25)29(19)2)36(34,35)31(33)24(32)27-23-21-7-3-5-16(21)11-17-6-4-8-22(17)23/h11,13-14,18-19H,3-10,12,15H2,1-2H3,(H,27,32)/q-1. The molecule has 10 nitrogen and oxygen atoms in total. The van der Waals surface area contributed by atoms with Crippen molar-refractivity contribution < 1.29 is 17.6 Å². The molecule has 0 saturated carbocycles. The number of alkyl halides is 1. The highest BCUT2D eigenvalue weighted by atomic mass is 32.2. The van der Waals surface area contributed by atoms with Crippen LogP contribution in [0.3, 0.4) is 0 Å². The molecule has 0 radical (unpaired) electrons. The molecule has 2 unspecified atom stereocenters. The number of nitrogens with one attached hydrogen (secondary N) is 1. The molecule has 5 rings (SSSR count). The van der Waals surface area contributed by atoms with Gasteiger partial charge in [-0.3, -0.25) is 14.1 Å². The third-order valence-electron chi connectivity index (χ3n) is 7.88. The molecule has 1 aromatic carbocycles. The number of likely N-dealkylation sites (tertiary alicyclic amines) is 1. The number of hydrogen-bond donors (Lipinski definition) is 1. The molecule has 36 heavy (non-hydrogen) atoms. The van der Waals surface area contributed by atoms with Crippen molar-refractivity contribution in [2.75, 3.05) is 29.9 Å². The van der Waals surface area contributed by atoms with Crippen LogP contribution in [0.25, 0.3) is 0 Å². The Hall–Kier alpha value is -2.70. The first-order chi connectivity index (χ1) is 17.2. The first-order valence-corrected chi connectivity index (χ1v) is 13.8. The molecule has 1 fully saturated rings. The Bertz CT molecular complexity index is 1230. The predicted octanol–water partition coefficient (Wildman–Crippen LogP) is 2.91. The summed E-state index contributed by atoms with van der Waals surface area (Å²) in [5.41, 5.74) is 5.11. The number of carbonyl (C=O) groups is 1. The number of urea groups is 1. The van der Waals surface area contributed by atoms with E-state index in [1.165, 1.54) is 17.1 Å². The summed E-state index contributed by atoms with van der Waals surface area (Å²) in [5.74, 6) is 0. The number of benzene rings is 1. The van der Waals surface area contributed by atoms with Gasteiger partial charge < -0.3 is 10.5 Å². The molecule has 196 valence electrons. The second kappa shape index (κ2) is 9.64. The average molecular weight is 520 g/mol. The van der Waals surface area contributed by atoms with Crippen molar-refractivity contribution in [2.24, 2.45) is 7.05 Å². The molecule has 2 aromatic rings. The normalized spacial score (nSPS) is 21.4. The van der Waals surface area contributed by atoms with Gasteiger partial charge in [-0.05, 0) is 80.7 Å². The van der Waals surface area contributed by atoms with E-state index in [4.69, 9.17) is 0 Å². The average Bonchev–Trinajstić information content (AvgIpc) is 3.64. The zero-order valence-electron chi connectivity index (χ0n) is 20.6. The van der Waals surface area contributed by atoms with E-state index >= 15 is 0 Å². The van der Waals surface area contributed by atoms with Gasteiger partial charge in [-0.1, -0.05) is 6.07 Å². The number of hydroxylamine groups is 1. The van der Waals surface area contributed by atoms with E-state index in [0.717, 1.165) is 65.1 Å². The number of likely N-dealkylation sites (N-methyl/N-ethyl adjacent to an activating group) is 1. The van der Waals surface area contributed by atoms with E-state index in [-0.39, 0.29) is 24.3 Å². The van der Waals surface area contributed by atoms with Gasteiger partial charge in [-0.2, -0.15) is 13.5 Å². The van der Waals surface area contributed by atoms with Crippen molar-refractivity contribution in [3.8, 4) is 0 Å². The summed E-state index contributed by atoms with van der Waals surface area (Å²) < 4.78 is 42.3. The molecule has 3 aliphatic rings. The number of halogens is 1. The Balaban J connectivity index is 1.42. The fraction of sp³-hybridized carbons (Fsp3) is 0.583. The summed E-state index contributed by atoms with van der Waals surface area (Å²) in [6.45, 7) is -0.627. The summed E-state index contributed by atoms with van der Waals surface area (Å²) in [4.78, 5) is 14.9. The molecular formula is C24H32FN6O4S-. The maximum Gasteiger partial charge on any atom is 0.326 e. The lowest BCUT2D eigenvalue weighted by atomic mass is 9.99. The zero-order chi connectivity index (χ0) is 25.6. The van der Waals surface area contributed by atoms with Crippen LogP contribution in [0.4, 0.5) is 20.6 Å². The van der Waals surface area contributed by atoms with Crippen molar-refractivity contribution in [3.05, 3.63) is 45.9 Å². The first kappa shape index (κ1) is 25.0. The largest absolute Gasteiger partial charge is 0.740 e. The second-order valence-corrected chi connectivity index (χ2v) is 11.7. The Morgan fingerprint density at radius 3 is 2.33 bits per heavy atom. The molecule has 1 N–H and O–H groups in total. The van der Waals surface area contributed by atoms with Gasteiger partial charge in [-0.15, -0.1) is 0 Å². The predicted molar refractivity (Wildman–Crippen MR) is 135 cm³/mol. The van der Waals surface area contributed by atoms with Crippen molar-refractivity contribution in [2.45, 2.75) is 63.5 Å². The van der Waals surface area contributed by atoms with Gasteiger partial charge in [0.15, 0.2) is 0 Å². The zero-order valence-corrected chi connectivity index (χ0v) is 21.4. The fourth-order valence-corrected chi connectivity index (χ4v) is 7.03. The highest BCUT2D eigenvalue weighted by molar-refractivity contribution is 7.91. The van der Waals surface area contributed by atoms with Crippen molar-refractivity contribution >= 4 is 27.6 Å². The van der Waals surface area contributed by atoms with Crippen LogP contribution in [-0.2, 0) is 42.9 Å². The molecule has 2 heterocycles. The van der Waals surface area contributed by atoms with Gasteiger partial charge in [0.2, 0.25) is 0 Å². The third-order valence-corrected chi connectivity index (χ3v) is 9.38. The molecule has 2 amide bonds. The molecular weight excluding hydrogens is 487 g/mol. The van der Waals surface area contributed by atoms with E-state index in [1.54, 1.807) is 19.0 Å². The number of hydrogen-bond acceptors (Lipinski definition) is 6. The lowest BCUT2D eigenvalue weighted by Gasteiger charge is -2.36. The molecule has 2 aliphatic carbocycles. The van der Waals surface area contributed by atoms with E-state index in [9.17, 15) is 22.8 Å². The lowest BCUT2D eigenvalue weighted by Crippen LogP contribution is -2.50. The molecule has 0 bridgehead atoms. The second-order valence-electron chi connectivity index (χ2n) is 10.0. The Morgan fingerprint density at radius 2 is 1.78 bits per heavy atom. The van der Waals surface area contributed by atoms with Gasteiger partial charge in [-0.25, -0.2) is 13.5 Å². The number of amides is 2. The van der Waals surface area contributed by atoms with Gasteiger partial charge in [0.05, 0.1) is 18.4 Å². The number of fused-ring (bicyclic) bond motifs is 2. The summed E-state index contributed by atoms with van der Waals surface area (Å²) >= 11 is 0. The van der Waals surface area contributed by atoms with E-state index in [0.29, 0.717) is 18.5 Å². The molecule has 1 aliphatic heterocycles. The highest BCUT2D eigenvalue weighted by Crippen LogP contribution is 2.39. The molecule has 2 atom stereocenters. The van der Waals surface area contributed by atoms with Crippen LogP contribution < -0.4 is 9.62 Å². The van der Waals surface area contributed by atoms with Crippen molar-refractivity contribution in [1.29, 1.82) is 0 Å². The van der Waals surface area contributed by atoms with Crippen molar-refractivity contribution in [1.82, 2.24) is 19.1 Å². The Labute approximate surface area is 210 Å². The van der Waals surface area contributed by atoms with Gasteiger partial charge >= 0.3 is 16.2 Å². The van der Waals surface area contributed by atoms with E-state index < -0.39 is 27.4 Å². The Morgan fingerprint density at radius 1 is 1.14 bits per heavy atom. The van der Waals surface area contributed by atoms with Crippen LogP contribution in [0.5, 0.6) is 0 Å². The minimum absolute atomic E-state index is 0.0941. The van der Waals surface area contributed by atoms with Gasteiger partial charge in [0.25, 0.3) is 0 Å². The molecule has 1 saturated heterocycles. The smallest absolute Gasteiger partial charge is 0.326 e. The summed E-state index contributed by atoms with van der Waals surface area (Å²) in [5, 5.41) is 19.8. The highest BCUT2D eigenvalue weighted by Gasteiger charge is 2.37. The monoisotopic (exact) mass is 519 g/mol. The minimum atomic E-state index is -4.80. The first-order valence-electron chi connectivity index (χ1n) is 12.4. The topological polar surface area (TPSA) is 114 Å². The summed E-state index contributed by atoms with van der Waals surface area (Å²) in [6.07, 6.45) is 9.29. The molecule has 1 aromatic heterocycles. The van der Waals surface area contributed by atoms with Crippen LogP contribution in [0.2, 0.25) is 0 Å². The quantitative estimate of drug-likeness (QED) is 0.563. The van der Waals surface area contributed by atoms with Gasteiger partial charge in [0, 0.05) is 31.0 Å². The van der Waals surface area contributed by atoms with Crippen LogP contribution in [0.15, 0.2) is 18.5 Å². The van der Waals surface area contributed by atoms with Crippen molar-refractivity contribution in [3.63, 3.8) is 0 Å². The summed E-state index contributed by atoms with van der Waals surface area (Å²) in [6, 6.07) is 0.346. The van der Waals surface area contributed by atoms with E-state index in [2.05, 4.69) is 16.5 Å². The number of aryl methyl sites for hydroxylation is 3. The molecule has 0 spiro atoms. The fourth-order valence-electron chi connectivity index (χ4n) is 5.87. The summed E-state index contributed by atoms with van der Waals surface area (Å²) in [7, 11) is -1.42. The number of nitrogens with zero attached hydrogens (tertiary/aromatic N) is 5.